The van der Waals surface area contributed by atoms with Crippen LogP contribution in [0.25, 0.3) is 5.65 Å². The summed E-state index contributed by atoms with van der Waals surface area (Å²) >= 11 is 0. The lowest BCUT2D eigenvalue weighted by Crippen LogP contribution is -2.39. The molecule has 0 spiro atoms. The molecule has 0 aromatic carbocycles. The van der Waals surface area contributed by atoms with Crippen LogP contribution in [0.15, 0.2) is 29.2 Å². The zero-order chi connectivity index (χ0) is 15.8. The molecule has 2 heterocycles. The van der Waals surface area contributed by atoms with Gasteiger partial charge in [-0.1, -0.05) is 26.8 Å². The van der Waals surface area contributed by atoms with E-state index in [1.807, 2.05) is 25.3 Å². The van der Waals surface area contributed by atoms with Crippen molar-refractivity contribution in [3.63, 3.8) is 0 Å². The Hall–Kier alpha value is -1.68. The highest BCUT2D eigenvalue weighted by molar-refractivity contribution is 5.39. The van der Waals surface area contributed by atoms with Gasteiger partial charge in [-0.25, -0.2) is 4.98 Å². The molecule has 0 N–H and O–H groups in total. The summed E-state index contributed by atoms with van der Waals surface area (Å²) in [4.78, 5) is 19.0. The minimum atomic E-state index is -0.0180. The zero-order valence-corrected chi connectivity index (χ0v) is 13.8. The Bertz CT molecular complexity index is 697. The van der Waals surface area contributed by atoms with Crippen molar-refractivity contribution >= 4 is 5.65 Å². The molecule has 21 heavy (non-hydrogen) atoms. The van der Waals surface area contributed by atoms with Gasteiger partial charge in [0.15, 0.2) is 0 Å². The topological polar surface area (TPSA) is 37.6 Å². The number of pyridine rings is 1. The molecular formula is C17H25N3O. The van der Waals surface area contributed by atoms with E-state index >= 15 is 0 Å². The quantitative estimate of drug-likeness (QED) is 0.871. The van der Waals surface area contributed by atoms with Gasteiger partial charge in [-0.3, -0.25) is 14.1 Å². The van der Waals surface area contributed by atoms with Crippen molar-refractivity contribution in [3.8, 4) is 0 Å². The van der Waals surface area contributed by atoms with Crippen molar-refractivity contribution in [1.29, 1.82) is 0 Å². The summed E-state index contributed by atoms with van der Waals surface area (Å²) in [6.45, 7) is 11.5. The average molecular weight is 287 g/mol. The first-order valence-electron chi connectivity index (χ1n) is 7.37. The number of rotatable bonds is 3. The van der Waals surface area contributed by atoms with Crippen molar-refractivity contribution in [3.05, 3.63) is 46.0 Å². The van der Waals surface area contributed by atoms with Gasteiger partial charge in [0, 0.05) is 24.8 Å². The average Bonchev–Trinajstić information content (AvgIpc) is 2.37. The van der Waals surface area contributed by atoms with E-state index in [-0.39, 0.29) is 11.0 Å². The van der Waals surface area contributed by atoms with Crippen LogP contribution in [0.2, 0.25) is 0 Å². The van der Waals surface area contributed by atoms with Crippen molar-refractivity contribution in [2.75, 3.05) is 7.05 Å². The highest BCUT2D eigenvalue weighted by atomic mass is 16.1. The molecule has 0 aliphatic heterocycles. The maximum atomic E-state index is 12.2. The first-order chi connectivity index (χ1) is 9.68. The van der Waals surface area contributed by atoms with E-state index in [1.54, 1.807) is 10.5 Å². The number of aromatic nitrogens is 2. The van der Waals surface area contributed by atoms with Gasteiger partial charge in [0.1, 0.15) is 5.65 Å². The predicted octanol–water partition coefficient (Wildman–Crippen LogP) is 2.87. The van der Waals surface area contributed by atoms with E-state index in [4.69, 9.17) is 0 Å². The largest absolute Gasteiger partial charge is 0.297 e. The van der Waals surface area contributed by atoms with Gasteiger partial charge < -0.3 is 0 Å². The van der Waals surface area contributed by atoms with Crippen LogP contribution in [-0.2, 0) is 6.54 Å². The monoisotopic (exact) mass is 287 g/mol. The second-order valence-corrected chi connectivity index (χ2v) is 6.98. The smallest absolute Gasteiger partial charge is 0.258 e. The minimum Gasteiger partial charge on any atom is -0.297 e. The molecule has 0 aliphatic rings. The lowest BCUT2D eigenvalue weighted by atomic mass is 9.87. The number of nitrogens with zero attached hydrogens (tertiary/aromatic N) is 3. The van der Waals surface area contributed by atoms with E-state index in [1.165, 1.54) is 0 Å². The van der Waals surface area contributed by atoms with Gasteiger partial charge in [0.05, 0.1) is 5.69 Å². The third-order valence-corrected chi connectivity index (χ3v) is 4.19. The molecule has 114 valence electrons. The molecule has 1 unspecified atom stereocenters. The third-order valence-electron chi connectivity index (χ3n) is 4.19. The summed E-state index contributed by atoms with van der Waals surface area (Å²) in [7, 11) is 2.08. The van der Waals surface area contributed by atoms with Crippen LogP contribution in [0.5, 0.6) is 0 Å². The fraction of sp³-hybridized carbons (Fsp3) is 0.529. The SMILES string of the molecule is Cc1ccc2nc(CN(C)C(C)C(C)(C)C)cc(=O)n2c1. The summed E-state index contributed by atoms with van der Waals surface area (Å²) in [6.07, 6.45) is 1.83. The van der Waals surface area contributed by atoms with Crippen molar-refractivity contribution in [2.24, 2.45) is 5.41 Å². The van der Waals surface area contributed by atoms with Crippen LogP contribution in [0.4, 0.5) is 0 Å². The lowest BCUT2D eigenvalue weighted by molar-refractivity contribution is 0.133. The van der Waals surface area contributed by atoms with Gasteiger partial charge in [-0.05, 0) is 37.9 Å². The predicted molar refractivity (Wildman–Crippen MR) is 86.6 cm³/mol. The molecule has 0 bridgehead atoms. The Kier molecular flexibility index (Phi) is 4.19. The Balaban J connectivity index is 2.32. The molecule has 1 atom stereocenters. The number of hydrogen-bond acceptors (Lipinski definition) is 3. The summed E-state index contributed by atoms with van der Waals surface area (Å²) < 4.78 is 1.60. The Morgan fingerprint density at radius 1 is 1.33 bits per heavy atom. The van der Waals surface area contributed by atoms with E-state index in [0.29, 0.717) is 18.2 Å². The summed E-state index contributed by atoms with van der Waals surface area (Å²) in [5, 5.41) is 0. The van der Waals surface area contributed by atoms with Crippen LogP contribution in [0, 0.1) is 12.3 Å². The zero-order valence-electron chi connectivity index (χ0n) is 13.8. The van der Waals surface area contributed by atoms with Gasteiger partial charge in [-0.2, -0.15) is 0 Å². The van der Waals surface area contributed by atoms with Crippen molar-refractivity contribution in [1.82, 2.24) is 14.3 Å². The number of aryl methyl sites for hydroxylation is 1. The van der Waals surface area contributed by atoms with Crippen LogP contribution < -0.4 is 5.56 Å². The second kappa shape index (κ2) is 5.60. The molecule has 4 nitrogen and oxygen atoms in total. The Labute approximate surface area is 126 Å². The van der Waals surface area contributed by atoms with E-state index in [2.05, 4.69) is 44.6 Å². The third kappa shape index (κ3) is 3.50. The summed E-state index contributed by atoms with van der Waals surface area (Å²) in [6, 6.07) is 5.91. The fourth-order valence-electron chi connectivity index (χ4n) is 2.39. The molecule has 2 aromatic heterocycles. The maximum Gasteiger partial charge on any atom is 0.258 e. The van der Waals surface area contributed by atoms with Crippen LogP contribution in [0.3, 0.4) is 0 Å². The Morgan fingerprint density at radius 2 is 2.00 bits per heavy atom. The highest BCUT2D eigenvalue weighted by Crippen LogP contribution is 2.23. The van der Waals surface area contributed by atoms with Crippen LogP contribution >= 0.6 is 0 Å². The van der Waals surface area contributed by atoms with Crippen molar-refractivity contribution in [2.45, 2.75) is 47.2 Å². The maximum absolute atomic E-state index is 12.2. The first-order valence-corrected chi connectivity index (χ1v) is 7.37. The van der Waals surface area contributed by atoms with Gasteiger partial charge in [0.2, 0.25) is 0 Å². The van der Waals surface area contributed by atoms with Gasteiger partial charge in [-0.15, -0.1) is 0 Å². The minimum absolute atomic E-state index is 0.0180. The second-order valence-electron chi connectivity index (χ2n) is 6.98. The first kappa shape index (κ1) is 15.7. The molecule has 0 radical (unpaired) electrons. The van der Waals surface area contributed by atoms with Crippen molar-refractivity contribution < 1.29 is 0 Å². The van der Waals surface area contributed by atoms with Gasteiger partial charge in [0.25, 0.3) is 5.56 Å². The lowest BCUT2D eigenvalue weighted by Gasteiger charge is -2.35. The molecule has 0 saturated heterocycles. The summed E-state index contributed by atoms with van der Waals surface area (Å²) in [5.41, 5.74) is 2.76. The van der Waals surface area contributed by atoms with E-state index in [9.17, 15) is 4.79 Å². The molecular weight excluding hydrogens is 262 g/mol. The molecule has 2 rings (SSSR count). The fourth-order valence-corrected chi connectivity index (χ4v) is 2.39. The number of fused-ring (bicyclic) bond motifs is 1. The van der Waals surface area contributed by atoms with Crippen LogP contribution in [0.1, 0.15) is 39.0 Å². The number of hydrogen-bond donors (Lipinski definition) is 0. The van der Waals surface area contributed by atoms with E-state index < -0.39 is 0 Å². The van der Waals surface area contributed by atoms with Gasteiger partial charge >= 0.3 is 0 Å². The normalized spacial score (nSPS) is 13.9. The van der Waals surface area contributed by atoms with E-state index in [0.717, 1.165) is 11.3 Å². The summed E-state index contributed by atoms with van der Waals surface area (Å²) in [5.74, 6) is 0. The molecule has 0 fully saturated rings. The molecule has 0 aliphatic carbocycles. The molecule has 0 amide bonds. The molecule has 2 aromatic rings. The Morgan fingerprint density at radius 3 is 2.62 bits per heavy atom. The standard InChI is InChI=1S/C17H25N3O/c1-12-7-8-15-18-14(9-16(21)20(15)10-12)11-19(6)13(2)17(3,4)5/h7-10,13H,11H2,1-6H3. The molecule has 0 saturated carbocycles. The highest BCUT2D eigenvalue weighted by Gasteiger charge is 2.24. The van der Waals surface area contributed by atoms with Crippen LogP contribution in [-0.4, -0.2) is 27.4 Å². The molecule has 4 heteroatoms.